The molecule has 0 aliphatic carbocycles. The molecule has 0 radical (unpaired) electrons. The summed E-state index contributed by atoms with van der Waals surface area (Å²) in [5, 5.41) is 7.53. The number of nitrogens with one attached hydrogen (secondary N) is 2. The molecule has 2 aromatic carbocycles. The highest BCUT2D eigenvalue weighted by Crippen LogP contribution is 2.22. The van der Waals surface area contributed by atoms with Crippen LogP contribution < -0.4 is 10.6 Å². The fourth-order valence-electron chi connectivity index (χ4n) is 3.39. The molecule has 0 bridgehead atoms. The van der Waals surface area contributed by atoms with Crippen molar-refractivity contribution in [1.29, 1.82) is 0 Å². The Bertz CT molecular complexity index is 1100. The minimum Gasteiger partial charge on any atom is -0.332 e. The molecule has 0 aliphatic rings. The van der Waals surface area contributed by atoms with Gasteiger partial charge in [0.2, 0.25) is 5.91 Å². The van der Waals surface area contributed by atoms with Crippen LogP contribution in [-0.4, -0.2) is 36.2 Å². The Morgan fingerprint density at radius 3 is 2.29 bits per heavy atom. The van der Waals surface area contributed by atoms with Crippen molar-refractivity contribution in [2.24, 2.45) is 0 Å². The van der Waals surface area contributed by atoms with Gasteiger partial charge in [-0.3, -0.25) is 14.4 Å². The predicted octanol–water partition coefficient (Wildman–Crippen LogP) is 4.64. The topological polar surface area (TPSA) is 78.5 Å². The van der Waals surface area contributed by atoms with Gasteiger partial charge in [-0.2, -0.15) is 0 Å². The summed E-state index contributed by atoms with van der Waals surface area (Å²) in [4.78, 5) is 39.5. The molecule has 0 saturated heterocycles. The molecule has 1 heterocycles. The van der Waals surface area contributed by atoms with E-state index in [9.17, 15) is 14.4 Å². The van der Waals surface area contributed by atoms with E-state index < -0.39 is 0 Å². The number of nitrogens with zero attached hydrogens (tertiary/aromatic N) is 1. The minimum absolute atomic E-state index is 0.0859. The second kappa shape index (κ2) is 9.57. The fraction of sp³-hybridized carbons (Fsp3) is 0.208. The molecule has 3 rings (SSSR count). The van der Waals surface area contributed by atoms with Crippen LogP contribution in [0.15, 0.2) is 53.9 Å². The highest BCUT2D eigenvalue weighted by atomic mass is 32.1. The van der Waals surface area contributed by atoms with E-state index in [1.165, 1.54) is 16.2 Å². The van der Waals surface area contributed by atoms with Gasteiger partial charge in [0.25, 0.3) is 11.8 Å². The maximum absolute atomic E-state index is 12.8. The average molecular weight is 436 g/mol. The lowest BCUT2D eigenvalue weighted by Crippen LogP contribution is -2.35. The molecule has 1 aromatic heterocycles. The first-order valence-electron chi connectivity index (χ1n) is 9.82. The largest absolute Gasteiger partial charge is 0.332 e. The molecule has 160 valence electrons. The van der Waals surface area contributed by atoms with Gasteiger partial charge in [0.05, 0.1) is 11.4 Å². The van der Waals surface area contributed by atoms with Gasteiger partial charge in [-0.1, -0.05) is 29.8 Å². The van der Waals surface area contributed by atoms with Crippen LogP contribution in [0.3, 0.4) is 0 Å². The van der Waals surface area contributed by atoms with Gasteiger partial charge in [-0.25, -0.2) is 0 Å². The Hall–Kier alpha value is -3.45. The molecular formula is C24H25N3O3S. The molecule has 7 heteroatoms. The summed E-state index contributed by atoms with van der Waals surface area (Å²) >= 11 is 1.34. The Morgan fingerprint density at radius 1 is 0.935 bits per heavy atom. The third kappa shape index (κ3) is 5.58. The smallest absolute Gasteiger partial charge is 0.265 e. The Kier molecular flexibility index (Phi) is 6.87. The summed E-state index contributed by atoms with van der Waals surface area (Å²) in [5.41, 5.74) is 4.78. The summed E-state index contributed by atoms with van der Waals surface area (Å²) in [7, 11) is 1.58. The summed E-state index contributed by atoms with van der Waals surface area (Å²) < 4.78 is 0. The zero-order valence-corrected chi connectivity index (χ0v) is 18.8. The van der Waals surface area contributed by atoms with Crippen molar-refractivity contribution >= 4 is 40.4 Å². The summed E-state index contributed by atoms with van der Waals surface area (Å²) in [6.07, 6.45) is 0. The maximum Gasteiger partial charge on any atom is 0.265 e. The summed E-state index contributed by atoms with van der Waals surface area (Å²) in [5.74, 6) is -0.802. The van der Waals surface area contributed by atoms with Crippen LogP contribution in [-0.2, 0) is 4.79 Å². The van der Waals surface area contributed by atoms with Crippen molar-refractivity contribution in [3.8, 4) is 0 Å². The maximum atomic E-state index is 12.8. The molecule has 0 aliphatic heterocycles. The van der Waals surface area contributed by atoms with Crippen LogP contribution in [0.4, 0.5) is 11.4 Å². The lowest BCUT2D eigenvalue weighted by atomic mass is 10.1. The van der Waals surface area contributed by atoms with Gasteiger partial charge in [0.1, 0.15) is 0 Å². The van der Waals surface area contributed by atoms with Crippen molar-refractivity contribution in [3.63, 3.8) is 0 Å². The van der Waals surface area contributed by atoms with E-state index in [0.717, 1.165) is 22.4 Å². The van der Waals surface area contributed by atoms with Gasteiger partial charge < -0.3 is 15.5 Å². The molecule has 0 fully saturated rings. The molecular weight excluding hydrogens is 410 g/mol. The third-order valence-electron chi connectivity index (χ3n) is 4.78. The number of carbonyl (C=O) groups excluding carboxylic acids is 3. The van der Waals surface area contributed by atoms with E-state index in [4.69, 9.17) is 0 Å². The van der Waals surface area contributed by atoms with Crippen molar-refractivity contribution in [3.05, 3.63) is 81.0 Å². The molecule has 0 unspecified atom stereocenters. The minimum atomic E-state index is -0.306. The number of hydrogen-bond donors (Lipinski definition) is 2. The molecule has 0 spiro atoms. The van der Waals surface area contributed by atoms with Crippen molar-refractivity contribution in [2.75, 3.05) is 24.2 Å². The van der Waals surface area contributed by atoms with Gasteiger partial charge >= 0.3 is 0 Å². The molecule has 3 aromatic rings. The summed E-state index contributed by atoms with van der Waals surface area (Å²) in [6, 6.07) is 14.2. The fourth-order valence-corrected chi connectivity index (χ4v) is 4.01. The monoisotopic (exact) mass is 435 g/mol. The number of benzene rings is 2. The van der Waals surface area contributed by atoms with Crippen LogP contribution in [0, 0.1) is 20.8 Å². The van der Waals surface area contributed by atoms with Gasteiger partial charge in [-0.05, 0) is 61.5 Å². The molecule has 3 amide bonds. The number of hydrogen-bond acceptors (Lipinski definition) is 4. The van der Waals surface area contributed by atoms with E-state index in [0.29, 0.717) is 16.1 Å². The van der Waals surface area contributed by atoms with Gasteiger partial charge in [0, 0.05) is 24.0 Å². The lowest BCUT2D eigenvalue weighted by Gasteiger charge is -2.19. The number of rotatable bonds is 6. The SMILES string of the molecule is Cc1cc(C)c(NC(=O)CN(C)C(=O)c2cccc(NC(=O)c3cccs3)c2)c(C)c1. The van der Waals surface area contributed by atoms with Crippen LogP contribution >= 0.6 is 11.3 Å². The van der Waals surface area contributed by atoms with E-state index in [2.05, 4.69) is 10.6 Å². The average Bonchev–Trinajstić information content (AvgIpc) is 3.25. The Labute approximate surface area is 185 Å². The van der Waals surface area contributed by atoms with E-state index >= 15 is 0 Å². The first-order valence-corrected chi connectivity index (χ1v) is 10.7. The van der Waals surface area contributed by atoms with Crippen LogP contribution in [0.5, 0.6) is 0 Å². The molecule has 6 nitrogen and oxygen atoms in total. The quantitative estimate of drug-likeness (QED) is 0.592. The standard InChI is InChI=1S/C24H25N3O3S/c1-15-11-16(2)22(17(3)12-15)26-21(28)14-27(4)24(30)18-7-5-8-19(13-18)25-23(29)20-9-6-10-31-20/h5-13H,14H2,1-4H3,(H,25,29)(H,26,28). The third-order valence-corrected chi connectivity index (χ3v) is 5.65. The summed E-state index contributed by atoms with van der Waals surface area (Å²) in [6.45, 7) is 5.81. The van der Waals surface area contributed by atoms with E-state index in [1.54, 1.807) is 43.4 Å². The second-order valence-electron chi connectivity index (χ2n) is 7.50. The Balaban J connectivity index is 1.64. The van der Waals surface area contributed by atoms with Crippen molar-refractivity contribution < 1.29 is 14.4 Å². The molecule has 0 saturated carbocycles. The van der Waals surface area contributed by atoms with Gasteiger partial charge in [-0.15, -0.1) is 11.3 Å². The van der Waals surface area contributed by atoms with Crippen LogP contribution in [0.25, 0.3) is 0 Å². The van der Waals surface area contributed by atoms with Gasteiger partial charge in [0.15, 0.2) is 0 Å². The number of thiophene rings is 1. The van der Waals surface area contributed by atoms with Crippen molar-refractivity contribution in [2.45, 2.75) is 20.8 Å². The zero-order chi connectivity index (χ0) is 22.5. The van der Waals surface area contributed by atoms with E-state index in [-0.39, 0.29) is 24.3 Å². The highest BCUT2D eigenvalue weighted by Gasteiger charge is 2.17. The molecule has 2 N–H and O–H groups in total. The second-order valence-corrected chi connectivity index (χ2v) is 8.44. The lowest BCUT2D eigenvalue weighted by molar-refractivity contribution is -0.116. The van der Waals surface area contributed by atoms with E-state index in [1.807, 2.05) is 38.3 Å². The number of carbonyl (C=O) groups is 3. The first kappa shape index (κ1) is 22.2. The highest BCUT2D eigenvalue weighted by molar-refractivity contribution is 7.12. The number of anilines is 2. The van der Waals surface area contributed by atoms with Crippen LogP contribution in [0.2, 0.25) is 0 Å². The first-order chi connectivity index (χ1) is 14.7. The number of likely N-dealkylation sites (N-methyl/N-ethyl adjacent to an activating group) is 1. The normalized spacial score (nSPS) is 10.5. The number of amides is 3. The molecule has 0 atom stereocenters. The molecule has 31 heavy (non-hydrogen) atoms. The Morgan fingerprint density at radius 2 is 1.65 bits per heavy atom. The predicted molar refractivity (Wildman–Crippen MR) is 125 cm³/mol. The number of aryl methyl sites for hydroxylation is 3. The van der Waals surface area contributed by atoms with Crippen LogP contribution in [0.1, 0.15) is 36.7 Å². The zero-order valence-electron chi connectivity index (χ0n) is 18.0. The van der Waals surface area contributed by atoms with Crippen molar-refractivity contribution in [1.82, 2.24) is 4.90 Å².